The van der Waals surface area contributed by atoms with Crippen molar-refractivity contribution in [3.63, 3.8) is 0 Å². The lowest BCUT2D eigenvalue weighted by Gasteiger charge is -2.43. The van der Waals surface area contributed by atoms with Crippen LogP contribution in [0.3, 0.4) is 0 Å². The average molecular weight is 862 g/mol. The third-order valence-electron chi connectivity index (χ3n) is 12.5. The number of fused-ring (bicyclic) bond motifs is 2. The summed E-state index contributed by atoms with van der Waals surface area (Å²) in [4.78, 5) is 62.4. The molecule has 2 N–H and O–H groups in total. The van der Waals surface area contributed by atoms with E-state index >= 15 is 4.39 Å². The van der Waals surface area contributed by atoms with Gasteiger partial charge in [-0.25, -0.2) is 13.9 Å². The molecule has 0 radical (unpaired) electrons. The van der Waals surface area contributed by atoms with Crippen LogP contribution in [0.1, 0.15) is 79.9 Å². The number of rotatable bonds is 7. The molecule has 1 unspecified atom stereocenters. The van der Waals surface area contributed by atoms with Crippen LogP contribution >= 0.6 is 0 Å². The minimum atomic E-state index is -4.67. The topological polar surface area (TPSA) is 135 Å². The number of imide groups is 1. The lowest BCUT2D eigenvalue weighted by Crippen LogP contribution is -2.53. The fourth-order valence-corrected chi connectivity index (χ4v) is 9.04. The molecule has 0 spiro atoms. The number of imidazole rings is 1. The molecule has 4 aliphatic rings. The highest BCUT2D eigenvalue weighted by molar-refractivity contribution is 6.06. The standard InChI is InChI=1S/C46H43F4N9O4/c1-28-4-5-30(21-29(28)6-8-35-25-51-41-3-2-14-52-59(35)41)43(61)53-33-7-9-39(37(23-33)46(48,49)50)57-19-17-56(18-20-57)34-12-15-55(16-13-34)26-32-22-31-27-58(45(63)36(31)24-38(32)47)40-10-11-42(60)54-44(40)62/h2-5,7,9,14,21-25,34,40H,10-13,15-20,26-27H2,1H3,(H,53,61)(H,54,60,62). The van der Waals surface area contributed by atoms with Crippen molar-refractivity contribution in [2.75, 3.05) is 49.5 Å². The molecular weight excluding hydrogens is 819 g/mol. The number of anilines is 2. The number of carbonyl (C=O) groups is 4. The molecule has 3 fully saturated rings. The fourth-order valence-electron chi connectivity index (χ4n) is 9.04. The van der Waals surface area contributed by atoms with Crippen molar-refractivity contribution in [3.8, 4) is 11.8 Å². The van der Waals surface area contributed by atoms with Gasteiger partial charge in [0.2, 0.25) is 11.8 Å². The zero-order valence-corrected chi connectivity index (χ0v) is 34.3. The maximum Gasteiger partial charge on any atom is 0.418 e. The Hall–Kier alpha value is -6.64. The maximum absolute atomic E-state index is 15.4. The third-order valence-corrected chi connectivity index (χ3v) is 12.5. The highest BCUT2D eigenvalue weighted by Crippen LogP contribution is 2.39. The minimum absolute atomic E-state index is 0.0222. The van der Waals surface area contributed by atoms with E-state index in [-0.39, 0.29) is 53.8 Å². The van der Waals surface area contributed by atoms with E-state index in [9.17, 15) is 32.3 Å². The molecule has 6 heterocycles. The van der Waals surface area contributed by atoms with Gasteiger partial charge in [-0.2, -0.15) is 18.3 Å². The predicted molar refractivity (Wildman–Crippen MR) is 224 cm³/mol. The van der Waals surface area contributed by atoms with Crippen molar-refractivity contribution in [1.82, 2.24) is 34.6 Å². The summed E-state index contributed by atoms with van der Waals surface area (Å²) in [5.74, 6) is 3.74. The highest BCUT2D eigenvalue weighted by Gasteiger charge is 2.40. The number of benzene rings is 3. The second kappa shape index (κ2) is 16.9. The summed E-state index contributed by atoms with van der Waals surface area (Å²) < 4.78 is 60.7. The number of aromatic nitrogens is 3. The number of hydrogen-bond acceptors (Lipinski definition) is 9. The minimum Gasteiger partial charge on any atom is -0.368 e. The molecule has 4 amide bonds. The number of nitrogens with zero attached hydrogens (tertiary/aromatic N) is 7. The molecular formula is C46H43F4N9O4. The number of carbonyl (C=O) groups excluding carboxylic acids is 4. The Morgan fingerprint density at radius 2 is 1.73 bits per heavy atom. The first-order chi connectivity index (χ1) is 30.3. The van der Waals surface area contributed by atoms with Crippen LogP contribution in [0.25, 0.3) is 5.65 Å². The maximum atomic E-state index is 15.4. The molecule has 13 nitrogen and oxygen atoms in total. The zero-order chi connectivity index (χ0) is 44.0. The van der Waals surface area contributed by atoms with E-state index in [1.807, 2.05) is 6.92 Å². The van der Waals surface area contributed by atoms with Crippen LogP contribution in [0, 0.1) is 24.6 Å². The first-order valence-electron chi connectivity index (χ1n) is 20.9. The molecule has 0 bridgehead atoms. The number of nitrogens with one attached hydrogen (secondary N) is 2. The Morgan fingerprint density at radius 1 is 0.937 bits per heavy atom. The molecule has 3 aromatic carbocycles. The van der Waals surface area contributed by atoms with Gasteiger partial charge in [0, 0.05) is 91.6 Å². The first-order valence-corrected chi connectivity index (χ1v) is 20.9. The fraction of sp³-hybridized carbons (Fsp3) is 0.348. The van der Waals surface area contributed by atoms with E-state index in [4.69, 9.17) is 0 Å². The lowest BCUT2D eigenvalue weighted by atomic mass is 10.00. The van der Waals surface area contributed by atoms with Gasteiger partial charge in [-0.15, -0.1) is 0 Å². The van der Waals surface area contributed by atoms with Gasteiger partial charge in [0.05, 0.1) is 11.8 Å². The van der Waals surface area contributed by atoms with Crippen LogP contribution in [-0.4, -0.2) is 104 Å². The normalized spacial score (nSPS) is 18.9. The van der Waals surface area contributed by atoms with Crippen molar-refractivity contribution in [3.05, 3.63) is 124 Å². The molecule has 0 saturated carbocycles. The van der Waals surface area contributed by atoms with Gasteiger partial charge in [0.25, 0.3) is 11.8 Å². The van der Waals surface area contributed by atoms with Gasteiger partial charge in [0.1, 0.15) is 17.6 Å². The summed E-state index contributed by atoms with van der Waals surface area (Å²) in [5, 5.41) is 9.18. The van der Waals surface area contributed by atoms with E-state index in [0.717, 1.165) is 24.5 Å². The monoisotopic (exact) mass is 861 g/mol. The summed E-state index contributed by atoms with van der Waals surface area (Å²) in [6, 6.07) is 14.8. The number of hydrogen-bond donors (Lipinski definition) is 2. The smallest absolute Gasteiger partial charge is 0.368 e. The number of amides is 4. The summed E-state index contributed by atoms with van der Waals surface area (Å²) in [6.45, 7) is 5.71. The van der Waals surface area contributed by atoms with Crippen molar-refractivity contribution in [2.24, 2.45) is 0 Å². The Labute approximate surface area is 360 Å². The van der Waals surface area contributed by atoms with Gasteiger partial charge in [-0.1, -0.05) is 12.0 Å². The average Bonchev–Trinajstić information content (AvgIpc) is 3.83. The van der Waals surface area contributed by atoms with Gasteiger partial charge >= 0.3 is 6.18 Å². The van der Waals surface area contributed by atoms with E-state index in [1.165, 1.54) is 23.1 Å². The molecule has 17 heteroatoms. The number of piperidine rings is 2. The summed E-state index contributed by atoms with van der Waals surface area (Å²) in [6.07, 6.45) is 0.550. The quantitative estimate of drug-likeness (QED) is 0.126. The number of likely N-dealkylation sites (tertiary alicyclic amines) is 1. The van der Waals surface area contributed by atoms with Gasteiger partial charge in [-0.3, -0.25) is 34.3 Å². The first kappa shape index (κ1) is 41.7. The van der Waals surface area contributed by atoms with Crippen LogP contribution in [0.5, 0.6) is 0 Å². The van der Waals surface area contributed by atoms with E-state index < -0.39 is 41.3 Å². The summed E-state index contributed by atoms with van der Waals surface area (Å²) >= 11 is 0. The SMILES string of the molecule is Cc1ccc(C(=O)Nc2ccc(N3CCN(C4CCN(Cc5cc6c(cc5F)C(=O)N(C5CCC(=O)NC5=O)C6)CC4)CC3)c(C(F)(F)F)c2)cc1C#Cc1cnc2cccnn12. The van der Waals surface area contributed by atoms with Crippen molar-refractivity contribution in [2.45, 2.75) is 64.0 Å². The van der Waals surface area contributed by atoms with Gasteiger partial charge in [0.15, 0.2) is 5.65 Å². The molecule has 63 heavy (non-hydrogen) atoms. The van der Waals surface area contributed by atoms with Crippen LogP contribution < -0.4 is 15.5 Å². The molecule has 5 aromatic rings. The second-order valence-electron chi connectivity index (χ2n) is 16.4. The van der Waals surface area contributed by atoms with Crippen LogP contribution in [0.15, 0.2) is 73.1 Å². The van der Waals surface area contributed by atoms with Crippen LogP contribution in [0.2, 0.25) is 0 Å². The van der Waals surface area contributed by atoms with E-state index in [0.29, 0.717) is 73.8 Å². The summed E-state index contributed by atoms with van der Waals surface area (Å²) in [5.41, 5.74) is 3.46. The zero-order valence-electron chi connectivity index (χ0n) is 34.3. The van der Waals surface area contributed by atoms with Gasteiger partial charge in [-0.05, 0) is 111 Å². The molecule has 0 aliphatic carbocycles. The van der Waals surface area contributed by atoms with Crippen LogP contribution in [0.4, 0.5) is 28.9 Å². The number of alkyl halides is 3. The Kier molecular flexibility index (Phi) is 11.2. The molecule has 1 atom stereocenters. The van der Waals surface area contributed by atoms with Gasteiger partial charge < -0.3 is 15.1 Å². The van der Waals surface area contributed by atoms with Crippen LogP contribution in [-0.2, 0) is 28.9 Å². The molecule has 324 valence electrons. The largest absolute Gasteiger partial charge is 0.418 e. The predicted octanol–water partition coefficient (Wildman–Crippen LogP) is 5.40. The Balaban J connectivity index is 0.793. The van der Waals surface area contributed by atoms with Crippen molar-refractivity contribution in [1.29, 1.82) is 0 Å². The highest BCUT2D eigenvalue weighted by atomic mass is 19.4. The van der Waals surface area contributed by atoms with Crippen molar-refractivity contribution < 1.29 is 36.7 Å². The third kappa shape index (κ3) is 8.60. The molecule has 2 aromatic heterocycles. The molecule has 3 saturated heterocycles. The Morgan fingerprint density at radius 3 is 2.49 bits per heavy atom. The second-order valence-corrected chi connectivity index (χ2v) is 16.4. The van der Waals surface area contributed by atoms with E-state index in [2.05, 4.69) is 42.4 Å². The van der Waals surface area contributed by atoms with Crippen molar-refractivity contribution >= 4 is 40.7 Å². The van der Waals surface area contributed by atoms with E-state index in [1.54, 1.807) is 58.2 Å². The molecule has 9 rings (SSSR count). The lowest BCUT2D eigenvalue weighted by molar-refractivity contribution is -0.138. The summed E-state index contributed by atoms with van der Waals surface area (Å²) in [7, 11) is 0. The number of piperazine rings is 1. The Bertz CT molecular complexity index is 2710. The molecule has 4 aliphatic heterocycles. The number of halogens is 4. The number of aryl methyl sites for hydroxylation is 1.